The Balaban J connectivity index is 1.53. The quantitative estimate of drug-likeness (QED) is 0.839. The Bertz CT molecular complexity index is 732. The van der Waals surface area contributed by atoms with Gasteiger partial charge in [-0.15, -0.1) is 0 Å². The summed E-state index contributed by atoms with van der Waals surface area (Å²) < 4.78 is 13.1. The summed E-state index contributed by atoms with van der Waals surface area (Å²) >= 11 is 0. The maximum absolute atomic E-state index is 13.0. The van der Waals surface area contributed by atoms with Gasteiger partial charge < -0.3 is 14.1 Å². The first-order valence-corrected chi connectivity index (χ1v) is 8.84. The number of nitrogens with zero attached hydrogens (tertiary/aromatic N) is 4. The molecular formula is C18H24N4O3. The van der Waals surface area contributed by atoms with Crippen molar-refractivity contribution in [3.05, 3.63) is 41.6 Å². The molecule has 25 heavy (non-hydrogen) atoms. The number of furan rings is 1. The number of carbonyl (C=O) groups excluding carboxylic acids is 1. The average Bonchev–Trinajstić information content (AvgIpc) is 3.19. The molecular weight excluding hydrogens is 320 g/mol. The van der Waals surface area contributed by atoms with Crippen LogP contribution in [0, 0.1) is 12.8 Å². The van der Waals surface area contributed by atoms with E-state index < -0.39 is 0 Å². The number of aromatic nitrogens is 2. The largest absolute Gasteiger partial charge is 0.465 e. The minimum absolute atomic E-state index is 0.102. The number of hydrogen-bond acceptors (Lipinski definition) is 5. The Morgan fingerprint density at radius 1 is 1.24 bits per heavy atom. The van der Waals surface area contributed by atoms with Gasteiger partial charge in [0.05, 0.1) is 37.9 Å². The lowest BCUT2D eigenvalue weighted by molar-refractivity contribution is -0.140. The van der Waals surface area contributed by atoms with Crippen molar-refractivity contribution in [3.63, 3.8) is 0 Å². The average molecular weight is 344 g/mol. The van der Waals surface area contributed by atoms with E-state index in [1.165, 1.54) is 0 Å². The summed E-state index contributed by atoms with van der Waals surface area (Å²) in [7, 11) is 0. The maximum Gasteiger partial charge on any atom is 0.229 e. The van der Waals surface area contributed by atoms with Crippen LogP contribution in [0.1, 0.15) is 17.2 Å². The van der Waals surface area contributed by atoms with E-state index in [0.29, 0.717) is 45.9 Å². The molecule has 0 radical (unpaired) electrons. The van der Waals surface area contributed by atoms with Gasteiger partial charge in [0.15, 0.2) is 0 Å². The molecule has 4 heterocycles. The Labute approximate surface area is 147 Å². The Kier molecular flexibility index (Phi) is 4.59. The second-order valence-corrected chi connectivity index (χ2v) is 6.82. The maximum atomic E-state index is 13.0. The van der Waals surface area contributed by atoms with Crippen LogP contribution in [-0.4, -0.2) is 58.3 Å². The van der Waals surface area contributed by atoms with E-state index in [4.69, 9.17) is 9.15 Å². The van der Waals surface area contributed by atoms with Gasteiger partial charge in [0.1, 0.15) is 11.5 Å². The highest BCUT2D eigenvalue weighted by molar-refractivity contribution is 5.79. The van der Waals surface area contributed by atoms with Gasteiger partial charge in [-0.25, -0.2) is 0 Å². The molecule has 4 rings (SSSR count). The predicted molar refractivity (Wildman–Crippen MR) is 90.7 cm³/mol. The van der Waals surface area contributed by atoms with Crippen LogP contribution in [0.2, 0.25) is 0 Å². The molecule has 2 aliphatic heterocycles. The van der Waals surface area contributed by atoms with Crippen LogP contribution in [0.4, 0.5) is 0 Å². The Hall–Kier alpha value is -2.12. The molecule has 0 aliphatic carbocycles. The van der Waals surface area contributed by atoms with Crippen LogP contribution in [0.25, 0.3) is 0 Å². The molecule has 1 fully saturated rings. The van der Waals surface area contributed by atoms with Crippen molar-refractivity contribution in [2.45, 2.75) is 26.6 Å². The lowest BCUT2D eigenvalue weighted by Gasteiger charge is -2.31. The monoisotopic (exact) mass is 344 g/mol. The van der Waals surface area contributed by atoms with E-state index in [1.807, 2.05) is 40.9 Å². The molecule has 134 valence electrons. The van der Waals surface area contributed by atoms with Gasteiger partial charge in [-0.05, 0) is 25.1 Å². The first kappa shape index (κ1) is 16.4. The number of morpholine rings is 1. The summed E-state index contributed by atoms with van der Waals surface area (Å²) in [6, 6.07) is 6.02. The second-order valence-electron chi connectivity index (χ2n) is 6.82. The first-order valence-electron chi connectivity index (χ1n) is 8.84. The van der Waals surface area contributed by atoms with Crippen molar-refractivity contribution in [2.75, 3.05) is 32.8 Å². The molecule has 1 atom stereocenters. The molecule has 0 spiro atoms. The van der Waals surface area contributed by atoms with E-state index in [0.717, 1.165) is 23.8 Å². The lowest BCUT2D eigenvalue weighted by Crippen LogP contribution is -2.46. The third-order valence-corrected chi connectivity index (χ3v) is 4.91. The van der Waals surface area contributed by atoms with Gasteiger partial charge in [0, 0.05) is 32.4 Å². The van der Waals surface area contributed by atoms with Crippen LogP contribution >= 0.6 is 0 Å². The molecule has 0 saturated carbocycles. The molecule has 0 aromatic carbocycles. The van der Waals surface area contributed by atoms with Crippen molar-refractivity contribution < 1.29 is 13.9 Å². The standard InChI is InChI=1S/C18H24N4O3/c1-14-2-3-17(25-14)13-20-10-15(11-22-16(12-20)4-5-19-22)18(23)21-6-8-24-9-7-21/h2-5,15H,6-13H2,1H3. The number of carbonyl (C=O) groups is 1. The van der Waals surface area contributed by atoms with Crippen molar-refractivity contribution >= 4 is 5.91 Å². The number of rotatable bonds is 3. The molecule has 2 aromatic heterocycles. The highest BCUT2D eigenvalue weighted by Crippen LogP contribution is 2.21. The number of amides is 1. The van der Waals surface area contributed by atoms with Crippen molar-refractivity contribution in [1.82, 2.24) is 19.6 Å². The summed E-state index contributed by atoms with van der Waals surface area (Å²) in [4.78, 5) is 17.2. The smallest absolute Gasteiger partial charge is 0.229 e. The zero-order valence-electron chi connectivity index (χ0n) is 14.6. The summed E-state index contributed by atoms with van der Waals surface area (Å²) in [5, 5.41) is 4.41. The van der Waals surface area contributed by atoms with Crippen LogP contribution in [-0.2, 0) is 29.2 Å². The van der Waals surface area contributed by atoms with Crippen LogP contribution < -0.4 is 0 Å². The van der Waals surface area contributed by atoms with E-state index >= 15 is 0 Å². The van der Waals surface area contributed by atoms with Crippen molar-refractivity contribution in [1.29, 1.82) is 0 Å². The van der Waals surface area contributed by atoms with E-state index in [-0.39, 0.29) is 11.8 Å². The third-order valence-electron chi connectivity index (χ3n) is 4.91. The molecule has 1 amide bonds. The zero-order chi connectivity index (χ0) is 17.2. The highest BCUT2D eigenvalue weighted by Gasteiger charge is 2.31. The van der Waals surface area contributed by atoms with E-state index in [1.54, 1.807) is 0 Å². The molecule has 2 aromatic rings. The predicted octanol–water partition coefficient (Wildman–Crippen LogP) is 1.28. The van der Waals surface area contributed by atoms with E-state index in [2.05, 4.69) is 10.00 Å². The molecule has 7 nitrogen and oxygen atoms in total. The van der Waals surface area contributed by atoms with Crippen LogP contribution in [0.5, 0.6) is 0 Å². The van der Waals surface area contributed by atoms with Crippen molar-refractivity contribution in [2.24, 2.45) is 5.92 Å². The fourth-order valence-corrected chi connectivity index (χ4v) is 3.64. The number of hydrogen-bond donors (Lipinski definition) is 0. The highest BCUT2D eigenvalue weighted by atomic mass is 16.5. The fourth-order valence-electron chi connectivity index (χ4n) is 3.64. The first-order chi connectivity index (χ1) is 12.2. The third kappa shape index (κ3) is 3.62. The summed E-state index contributed by atoms with van der Waals surface area (Å²) in [5.41, 5.74) is 1.14. The van der Waals surface area contributed by atoms with Gasteiger partial charge in [-0.2, -0.15) is 5.10 Å². The fraction of sp³-hybridized carbons (Fsp3) is 0.556. The summed E-state index contributed by atoms with van der Waals surface area (Å²) in [6.07, 6.45) is 1.81. The Morgan fingerprint density at radius 2 is 2.08 bits per heavy atom. The molecule has 0 bridgehead atoms. The lowest BCUT2D eigenvalue weighted by atomic mass is 10.1. The van der Waals surface area contributed by atoms with Gasteiger partial charge >= 0.3 is 0 Å². The van der Waals surface area contributed by atoms with Gasteiger partial charge in [0.2, 0.25) is 5.91 Å². The van der Waals surface area contributed by atoms with Crippen LogP contribution in [0.15, 0.2) is 28.8 Å². The molecule has 7 heteroatoms. The number of fused-ring (bicyclic) bond motifs is 1. The van der Waals surface area contributed by atoms with Gasteiger partial charge in [-0.1, -0.05) is 0 Å². The van der Waals surface area contributed by atoms with Gasteiger partial charge in [-0.3, -0.25) is 14.4 Å². The van der Waals surface area contributed by atoms with Crippen LogP contribution in [0.3, 0.4) is 0 Å². The molecule has 1 saturated heterocycles. The molecule has 2 aliphatic rings. The number of aryl methyl sites for hydroxylation is 1. The Morgan fingerprint density at radius 3 is 2.84 bits per heavy atom. The molecule has 0 N–H and O–H groups in total. The minimum atomic E-state index is -0.102. The molecule has 1 unspecified atom stereocenters. The second kappa shape index (κ2) is 7.01. The van der Waals surface area contributed by atoms with E-state index in [9.17, 15) is 4.79 Å². The summed E-state index contributed by atoms with van der Waals surface area (Å²) in [6.45, 7) is 7.37. The zero-order valence-corrected chi connectivity index (χ0v) is 14.6. The number of ether oxygens (including phenoxy) is 1. The SMILES string of the molecule is Cc1ccc(CN2Cc3ccnn3CC(C(=O)N3CCOCC3)C2)o1. The van der Waals surface area contributed by atoms with Gasteiger partial charge in [0.25, 0.3) is 0 Å². The minimum Gasteiger partial charge on any atom is -0.465 e. The topological polar surface area (TPSA) is 63.7 Å². The normalized spacial score (nSPS) is 21.8. The van der Waals surface area contributed by atoms with Crippen molar-refractivity contribution in [3.8, 4) is 0 Å². The summed E-state index contributed by atoms with van der Waals surface area (Å²) in [5.74, 6) is 1.95.